The van der Waals surface area contributed by atoms with Gasteiger partial charge in [-0.25, -0.2) is 0 Å². The van der Waals surface area contributed by atoms with Gasteiger partial charge in [0.1, 0.15) is 12.7 Å². The summed E-state index contributed by atoms with van der Waals surface area (Å²) in [6.07, 6.45) is -1.46. The van der Waals surface area contributed by atoms with Crippen LogP contribution in [0.25, 0.3) is 0 Å². The summed E-state index contributed by atoms with van der Waals surface area (Å²) in [6.45, 7) is 7.59. The Kier molecular flexibility index (Phi) is 5.57. The van der Waals surface area contributed by atoms with Crippen LogP contribution in [0, 0.1) is 5.41 Å². The molecule has 1 aromatic rings. The second kappa shape index (κ2) is 7.09. The van der Waals surface area contributed by atoms with Crippen LogP contribution in [0.15, 0.2) is 30.3 Å². The third-order valence-corrected chi connectivity index (χ3v) is 4.19. The fraction of sp³-hybridized carbons (Fsp3) is 0.611. The summed E-state index contributed by atoms with van der Waals surface area (Å²) in [4.78, 5) is 12.4. The molecule has 0 aromatic heterocycles. The van der Waals surface area contributed by atoms with Crippen LogP contribution in [-0.2, 0) is 25.6 Å². The Hall–Kier alpha value is -1.27. The van der Waals surface area contributed by atoms with E-state index in [9.17, 15) is 9.90 Å². The highest BCUT2D eigenvalue weighted by Gasteiger charge is 2.45. The number of benzene rings is 1. The first kappa shape index (κ1) is 18.1. The summed E-state index contributed by atoms with van der Waals surface area (Å²) in [5, 5.41) is 10.5. The minimum Gasteiger partial charge on any atom is -0.389 e. The summed E-state index contributed by atoms with van der Waals surface area (Å²) in [7, 11) is 0. The smallest absolute Gasteiger partial charge is 0.166 e. The van der Waals surface area contributed by atoms with Gasteiger partial charge in [0, 0.05) is 0 Å². The SMILES string of the molecule is CC1(C)OC[C@H]([C@@H](O)C(C)(C)C(=O)COCc2ccccc2)O1. The maximum atomic E-state index is 12.4. The molecule has 1 aromatic carbocycles. The molecule has 0 aliphatic carbocycles. The summed E-state index contributed by atoms with van der Waals surface area (Å²) < 4.78 is 16.6. The third-order valence-electron chi connectivity index (χ3n) is 4.19. The van der Waals surface area contributed by atoms with E-state index in [0.717, 1.165) is 5.56 Å². The van der Waals surface area contributed by atoms with Crippen LogP contribution in [0.5, 0.6) is 0 Å². The van der Waals surface area contributed by atoms with E-state index in [4.69, 9.17) is 14.2 Å². The van der Waals surface area contributed by atoms with Crippen molar-refractivity contribution in [2.24, 2.45) is 5.41 Å². The van der Waals surface area contributed by atoms with Gasteiger partial charge in [0.05, 0.1) is 24.7 Å². The van der Waals surface area contributed by atoms with E-state index in [1.807, 2.05) is 30.3 Å². The number of ketones is 1. The van der Waals surface area contributed by atoms with Gasteiger partial charge in [-0.05, 0) is 19.4 Å². The normalized spacial score (nSPS) is 22.0. The highest BCUT2D eigenvalue weighted by Crippen LogP contribution is 2.32. The minimum atomic E-state index is -0.967. The Morgan fingerprint density at radius 2 is 2.04 bits per heavy atom. The molecule has 0 bridgehead atoms. The molecule has 1 fully saturated rings. The van der Waals surface area contributed by atoms with Gasteiger partial charge in [-0.15, -0.1) is 0 Å². The molecule has 23 heavy (non-hydrogen) atoms. The first-order valence-corrected chi connectivity index (χ1v) is 7.87. The molecule has 5 nitrogen and oxygen atoms in total. The van der Waals surface area contributed by atoms with Gasteiger partial charge in [-0.2, -0.15) is 0 Å². The van der Waals surface area contributed by atoms with Gasteiger partial charge < -0.3 is 19.3 Å². The minimum absolute atomic E-state index is 0.0457. The van der Waals surface area contributed by atoms with Gasteiger partial charge in [0.2, 0.25) is 0 Å². The zero-order valence-electron chi connectivity index (χ0n) is 14.2. The molecule has 2 atom stereocenters. The molecule has 0 radical (unpaired) electrons. The first-order valence-electron chi connectivity index (χ1n) is 7.87. The molecule has 1 aliphatic rings. The van der Waals surface area contributed by atoms with Crippen molar-refractivity contribution >= 4 is 5.78 Å². The summed E-state index contributed by atoms with van der Waals surface area (Å²) in [5.41, 5.74) is 0.0402. The second-order valence-corrected chi connectivity index (χ2v) is 6.94. The van der Waals surface area contributed by atoms with Crippen LogP contribution in [-0.4, -0.2) is 42.1 Å². The number of hydrogen-bond donors (Lipinski definition) is 1. The molecule has 0 unspecified atom stereocenters. The molecule has 0 saturated carbocycles. The lowest BCUT2D eigenvalue weighted by atomic mass is 9.80. The van der Waals surface area contributed by atoms with Crippen LogP contribution >= 0.6 is 0 Å². The summed E-state index contributed by atoms with van der Waals surface area (Å²) >= 11 is 0. The van der Waals surface area contributed by atoms with Crippen molar-refractivity contribution in [3.8, 4) is 0 Å². The Morgan fingerprint density at radius 3 is 2.61 bits per heavy atom. The summed E-state index contributed by atoms with van der Waals surface area (Å²) in [6, 6.07) is 9.66. The number of carbonyl (C=O) groups excluding carboxylic acids is 1. The van der Waals surface area contributed by atoms with E-state index in [1.165, 1.54) is 0 Å². The van der Waals surface area contributed by atoms with Gasteiger partial charge in [-0.1, -0.05) is 44.2 Å². The van der Waals surface area contributed by atoms with Crippen molar-refractivity contribution in [3.05, 3.63) is 35.9 Å². The molecule has 0 amide bonds. The molecule has 128 valence electrons. The number of carbonyl (C=O) groups is 1. The van der Waals surface area contributed by atoms with E-state index < -0.39 is 23.4 Å². The molecular formula is C18H26O5. The van der Waals surface area contributed by atoms with Crippen LogP contribution in [0.2, 0.25) is 0 Å². The third kappa shape index (κ3) is 4.61. The van der Waals surface area contributed by atoms with Crippen molar-refractivity contribution < 1.29 is 24.1 Å². The van der Waals surface area contributed by atoms with Crippen LogP contribution in [0.3, 0.4) is 0 Å². The molecule has 1 heterocycles. The molecular weight excluding hydrogens is 296 g/mol. The Morgan fingerprint density at radius 1 is 1.39 bits per heavy atom. The Bertz CT molecular complexity index is 523. The second-order valence-electron chi connectivity index (χ2n) is 6.94. The van der Waals surface area contributed by atoms with Crippen LogP contribution in [0.1, 0.15) is 33.3 Å². The van der Waals surface area contributed by atoms with Crippen LogP contribution in [0.4, 0.5) is 0 Å². The van der Waals surface area contributed by atoms with Gasteiger partial charge >= 0.3 is 0 Å². The maximum absolute atomic E-state index is 12.4. The quantitative estimate of drug-likeness (QED) is 0.834. The van der Waals surface area contributed by atoms with E-state index >= 15 is 0 Å². The number of hydrogen-bond acceptors (Lipinski definition) is 5. The Balaban J connectivity index is 1.86. The van der Waals surface area contributed by atoms with E-state index in [1.54, 1.807) is 27.7 Å². The van der Waals surface area contributed by atoms with Crippen LogP contribution < -0.4 is 0 Å². The van der Waals surface area contributed by atoms with Gasteiger partial charge in [-0.3, -0.25) is 4.79 Å². The Labute approximate surface area is 137 Å². The van der Waals surface area contributed by atoms with E-state index in [0.29, 0.717) is 6.61 Å². The highest BCUT2D eigenvalue weighted by atomic mass is 16.7. The molecule has 1 saturated heterocycles. The molecule has 2 rings (SSSR count). The monoisotopic (exact) mass is 322 g/mol. The average molecular weight is 322 g/mol. The number of Topliss-reactive ketones (excluding diaryl/α,β-unsaturated/α-hetero) is 1. The largest absolute Gasteiger partial charge is 0.389 e. The number of aliphatic hydroxyl groups is 1. The zero-order valence-corrected chi connectivity index (χ0v) is 14.2. The van der Waals surface area contributed by atoms with E-state index in [-0.39, 0.29) is 19.0 Å². The van der Waals surface area contributed by atoms with Gasteiger partial charge in [0.25, 0.3) is 0 Å². The average Bonchev–Trinajstić information content (AvgIpc) is 2.87. The lowest BCUT2D eigenvalue weighted by Gasteiger charge is -2.32. The predicted octanol–water partition coefficient (Wildman–Crippen LogP) is 2.31. The molecule has 5 heteroatoms. The fourth-order valence-corrected chi connectivity index (χ4v) is 2.52. The maximum Gasteiger partial charge on any atom is 0.166 e. The lowest BCUT2D eigenvalue weighted by molar-refractivity contribution is -0.167. The lowest BCUT2D eigenvalue weighted by Crippen LogP contribution is -2.47. The van der Waals surface area contributed by atoms with Crippen molar-refractivity contribution in [2.45, 2.75) is 52.3 Å². The fourth-order valence-electron chi connectivity index (χ4n) is 2.52. The molecule has 1 N–H and O–H groups in total. The number of rotatable bonds is 7. The van der Waals surface area contributed by atoms with Crippen molar-refractivity contribution in [1.29, 1.82) is 0 Å². The predicted molar refractivity (Wildman–Crippen MR) is 85.8 cm³/mol. The zero-order chi connectivity index (χ0) is 17.1. The van der Waals surface area contributed by atoms with Gasteiger partial charge in [0.15, 0.2) is 11.6 Å². The van der Waals surface area contributed by atoms with Crippen molar-refractivity contribution in [3.63, 3.8) is 0 Å². The number of ether oxygens (including phenoxy) is 3. The molecule has 1 aliphatic heterocycles. The van der Waals surface area contributed by atoms with E-state index in [2.05, 4.69) is 0 Å². The topological polar surface area (TPSA) is 65.0 Å². The molecule has 0 spiro atoms. The van der Waals surface area contributed by atoms with Crippen molar-refractivity contribution in [1.82, 2.24) is 0 Å². The number of aliphatic hydroxyl groups excluding tert-OH is 1. The van der Waals surface area contributed by atoms with Crippen molar-refractivity contribution in [2.75, 3.05) is 13.2 Å². The summed E-state index contributed by atoms with van der Waals surface area (Å²) in [5.74, 6) is -0.886. The first-order chi connectivity index (χ1) is 10.7. The standard InChI is InChI=1S/C18H26O5/c1-17(2,16(20)14-11-22-18(3,4)23-14)15(19)12-21-10-13-8-6-5-7-9-13/h5-9,14,16,20H,10-12H2,1-4H3/t14-,16-/m1/s1. The highest BCUT2D eigenvalue weighted by molar-refractivity contribution is 5.85.